The largest absolute Gasteiger partial charge is 0.469 e. The van der Waals surface area contributed by atoms with Gasteiger partial charge in [-0.2, -0.15) is 10.2 Å². The predicted molar refractivity (Wildman–Crippen MR) is 102 cm³/mol. The number of halogens is 2. The monoisotopic (exact) mass is 438 g/mol. The number of carbonyl (C=O) groups excluding carboxylic acids is 1. The van der Waals surface area contributed by atoms with Gasteiger partial charge >= 0.3 is 5.97 Å². The summed E-state index contributed by atoms with van der Waals surface area (Å²) in [5.41, 5.74) is 0.640. The second kappa shape index (κ2) is 7.39. The molecule has 11 heteroatoms. The Morgan fingerprint density at radius 1 is 1.32 bits per heavy atom. The average molecular weight is 439 g/mol. The second-order valence-corrected chi connectivity index (χ2v) is 8.58. The lowest BCUT2D eigenvalue weighted by atomic mass is 10.1. The van der Waals surface area contributed by atoms with Crippen LogP contribution in [0.25, 0.3) is 17.0 Å². The van der Waals surface area contributed by atoms with Crippen molar-refractivity contribution in [3.05, 3.63) is 45.7 Å². The smallest absolute Gasteiger partial charge is 0.311 e. The lowest BCUT2D eigenvalue weighted by Gasteiger charge is -2.12. The van der Waals surface area contributed by atoms with E-state index >= 15 is 0 Å². The number of hydrogen-bond acceptors (Lipinski definition) is 7. The van der Waals surface area contributed by atoms with Gasteiger partial charge in [0.15, 0.2) is 14.9 Å². The van der Waals surface area contributed by atoms with Crippen molar-refractivity contribution in [2.45, 2.75) is 11.4 Å². The van der Waals surface area contributed by atoms with Gasteiger partial charge in [0.2, 0.25) is 5.78 Å². The maximum absolute atomic E-state index is 12.2. The molecule has 1 aromatic carbocycles. The van der Waals surface area contributed by atoms with E-state index in [4.69, 9.17) is 23.2 Å². The van der Waals surface area contributed by atoms with Gasteiger partial charge in [0.05, 0.1) is 29.9 Å². The number of fused-ring (bicyclic) bond motifs is 1. The Kier molecular flexibility index (Phi) is 5.30. The van der Waals surface area contributed by atoms with E-state index in [1.807, 2.05) is 6.07 Å². The molecule has 8 nitrogen and oxygen atoms in total. The zero-order chi connectivity index (χ0) is 20.6. The Bertz CT molecular complexity index is 1260. The van der Waals surface area contributed by atoms with Gasteiger partial charge in [0.1, 0.15) is 11.6 Å². The highest BCUT2D eigenvalue weighted by Gasteiger charge is 2.25. The number of nitrogens with zero attached hydrogens (tertiary/aromatic N) is 4. The molecule has 144 valence electrons. The summed E-state index contributed by atoms with van der Waals surface area (Å²) in [6, 6.07) is 6.48. The van der Waals surface area contributed by atoms with Crippen molar-refractivity contribution in [3.8, 4) is 17.3 Å². The van der Waals surface area contributed by atoms with Crippen LogP contribution in [0.5, 0.6) is 0 Å². The third-order valence-corrected chi connectivity index (χ3v) is 5.38. The highest BCUT2D eigenvalue weighted by molar-refractivity contribution is 7.90. The molecule has 0 amide bonds. The van der Waals surface area contributed by atoms with Gasteiger partial charge in [0, 0.05) is 23.0 Å². The van der Waals surface area contributed by atoms with Crippen molar-refractivity contribution in [2.75, 3.05) is 13.4 Å². The number of aromatic nitrogens is 3. The van der Waals surface area contributed by atoms with Gasteiger partial charge in [-0.15, -0.1) is 0 Å². The molecule has 0 aliphatic heterocycles. The summed E-state index contributed by atoms with van der Waals surface area (Å²) in [7, 11) is -2.61. The Morgan fingerprint density at radius 3 is 2.61 bits per heavy atom. The van der Waals surface area contributed by atoms with Crippen LogP contribution >= 0.6 is 23.2 Å². The third-order valence-electron chi connectivity index (χ3n) is 3.83. The summed E-state index contributed by atoms with van der Waals surface area (Å²) in [5, 5.41) is 9.84. The van der Waals surface area contributed by atoms with Crippen LogP contribution in [-0.4, -0.2) is 42.1 Å². The first-order valence-electron chi connectivity index (χ1n) is 7.70. The summed E-state index contributed by atoms with van der Waals surface area (Å²) in [6.07, 6.45) is 2.27. The van der Waals surface area contributed by atoms with E-state index in [1.165, 1.54) is 23.8 Å². The quantitative estimate of drug-likeness (QED) is 0.454. The molecule has 3 rings (SSSR count). The van der Waals surface area contributed by atoms with Gasteiger partial charge in [-0.1, -0.05) is 23.2 Å². The fraction of sp³-hybridized carbons (Fsp3) is 0.176. The standard InChI is InChI=1S/C17H12Cl2N4O4S/c1-27-14(24)6-10-8-23-15(11-4-3-9(18)5-13(11)19)12(7-20)16(28(2,25)26)22-17(23)21-10/h3-5,8H,6H2,1-2H3. The second-order valence-electron chi connectivity index (χ2n) is 5.80. The number of nitriles is 1. The molecule has 0 bridgehead atoms. The maximum atomic E-state index is 12.2. The summed E-state index contributed by atoms with van der Waals surface area (Å²) in [5.74, 6) is -0.530. The zero-order valence-electron chi connectivity index (χ0n) is 14.6. The highest BCUT2D eigenvalue weighted by atomic mass is 35.5. The van der Waals surface area contributed by atoms with Crippen molar-refractivity contribution in [1.29, 1.82) is 5.26 Å². The molecule has 3 aromatic rings. The molecule has 0 aliphatic carbocycles. The summed E-state index contributed by atoms with van der Waals surface area (Å²) in [4.78, 5) is 19.8. The fourth-order valence-electron chi connectivity index (χ4n) is 2.65. The van der Waals surface area contributed by atoms with Crippen molar-refractivity contribution in [1.82, 2.24) is 14.4 Å². The number of carbonyl (C=O) groups is 1. The van der Waals surface area contributed by atoms with Crippen molar-refractivity contribution in [3.63, 3.8) is 0 Å². The Morgan fingerprint density at radius 2 is 2.04 bits per heavy atom. The van der Waals surface area contributed by atoms with Crippen LogP contribution in [0.15, 0.2) is 29.4 Å². The van der Waals surface area contributed by atoms with Crippen LogP contribution in [0.2, 0.25) is 10.0 Å². The number of hydrogen-bond donors (Lipinski definition) is 0. The molecule has 0 aliphatic rings. The zero-order valence-corrected chi connectivity index (χ0v) is 16.9. The summed E-state index contributed by atoms with van der Waals surface area (Å²) in [6.45, 7) is 0. The molecular formula is C17H12Cl2N4O4S. The summed E-state index contributed by atoms with van der Waals surface area (Å²) >= 11 is 12.3. The lowest BCUT2D eigenvalue weighted by Crippen LogP contribution is -2.09. The topological polar surface area (TPSA) is 114 Å². The van der Waals surface area contributed by atoms with Gasteiger partial charge in [-0.3, -0.25) is 9.20 Å². The van der Waals surface area contributed by atoms with Gasteiger partial charge < -0.3 is 4.74 Å². The molecule has 0 saturated heterocycles. The number of sulfone groups is 1. The minimum atomic E-state index is -3.85. The minimum Gasteiger partial charge on any atom is -0.469 e. The maximum Gasteiger partial charge on any atom is 0.311 e. The number of imidazole rings is 1. The minimum absolute atomic E-state index is 0.000607. The molecule has 0 unspecified atom stereocenters. The molecule has 0 saturated carbocycles. The van der Waals surface area contributed by atoms with Gasteiger partial charge in [-0.05, 0) is 18.2 Å². The molecule has 0 spiro atoms. The highest BCUT2D eigenvalue weighted by Crippen LogP contribution is 2.35. The first kappa shape index (κ1) is 20.1. The Hall–Kier alpha value is -2.67. The Labute approximate surface area is 170 Å². The summed E-state index contributed by atoms with van der Waals surface area (Å²) < 4.78 is 30.5. The number of ether oxygens (including phenoxy) is 1. The molecule has 0 N–H and O–H groups in total. The van der Waals surface area contributed by atoms with Crippen molar-refractivity contribution < 1.29 is 17.9 Å². The van der Waals surface area contributed by atoms with E-state index in [1.54, 1.807) is 12.1 Å². The normalized spacial score (nSPS) is 11.4. The van der Waals surface area contributed by atoms with Crippen LogP contribution in [0.3, 0.4) is 0 Å². The predicted octanol–water partition coefficient (Wildman–Crippen LogP) is 2.69. The van der Waals surface area contributed by atoms with Crippen molar-refractivity contribution >= 4 is 44.8 Å². The molecule has 2 aromatic heterocycles. The van der Waals surface area contributed by atoms with Crippen LogP contribution in [0.1, 0.15) is 11.3 Å². The van der Waals surface area contributed by atoms with E-state index in [2.05, 4.69) is 14.7 Å². The number of rotatable bonds is 4. The van der Waals surface area contributed by atoms with E-state index in [-0.39, 0.29) is 28.5 Å². The molecule has 0 radical (unpaired) electrons. The van der Waals surface area contributed by atoms with Crippen molar-refractivity contribution in [2.24, 2.45) is 0 Å². The molecule has 0 fully saturated rings. The molecule has 28 heavy (non-hydrogen) atoms. The van der Waals surface area contributed by atoms with Crippen LogP contribution in [-0.2, 0) is 25.8 Å². The third kappa shape index (κ3) is 3.67. The number of benzene rings is 1. The molecular weight excluding hydrogens is 427 g/mol. The first-order valence-corrected chi connectivity index (χ1v) is 10.3. The van der Waals surface area contributed by atoms with Gasteiger partial charge in [-0.25, -0.2) is 13.4 Å². The molecule has 0 atom stereocenters. The van der Waals surface area contributed by atoms with E-state index in [0.29, 0.717) is 16.3 Å². The van der Waals surface area contributed by atoms with E-state index < -0.39 is 20.8 Å². The van der Waals surface area contributed by atoms with E-state index in [0.717, 1.165) is 6.26 Å². The Balaban J connectivity index is 2.44. The lowest BCUT2D eigenvalue weighted by molar-refractivity contribution is -0.139. The number of methoxy groups -OCH3 is 1. The molecule has 2 heterocycles. The van der Waals surface area contributed by atoms with Crippen LogP contribution in [0.4, 0.5) is 0 Å². The average Bonchev–Trinajstić information content (AvgIpc) is 3.01. The van der Waals surface area contributed by atoms with E-state index in [9.17, 15) is 18.5 Å². The van der Waals surface area contributed by atoms with Crippen LogP contribution < -0.4 is 0 Å². The first-order chi connectivity index (χ1) is 13.2. The van der Waals surface area contributed by atoms with Gasteiger partial charge in [0.25, 0.3) is 0 Å². The van der Waals surface area contributed by atoms with Crippen LogP contribution in [0, 0.1) is 11.3 Å². The fourth-order valence-corrected chi connectivity index (χ4v) is 3.91. The SMILES string of the molecule is COC(=O)Cc1cn2c(-c3ccc(Cl)cc3Cl)c(C#N)c(S(C)(=O)=O)nc2n1. The number of esters is 1.